The third-order valence-corrected chi connectivity index (χ3v) is 5.24. The summed E-state index contributed by atoms with van der Waals surface area (Å²) < 4.78 is 55.4. The number of aliphatic hydroxyl groups is 1. The fourth-order valence-electron chi connectivity index (χ4n) is 2.93. The normalized spacial score (nSPS) is 11.7. The lowest BCUT2D eigenvalue weighted by molar-refractivity contribution is 0.0551. The van der Waals surface area contributed by atoms with Gasteiger partial charge in [0.2, 0.25) is 0 Å². The molecule has 3 rings (SSSR count). The first kappa shape index (κ1) is 23.6. The standard InChI is InChI=1S/C22H22F2N2O5S/c1-22(2,28)9-10-31-20-17(15-5-3-14(4-6-15)13-32(29)30)12-25-26(21(20)27)16-7-8-18(23)19(24)11-16/h3-8,11-12,28,32H,9-10,13H2,1-2H3. The third-order valence-electron chi connectivity index (χ3n) is 4.62. The van der Waals surface area contributed by atoms with E-state index in [1.165, 1.54) is 12.3 Å². The zero-order valence-corrected chi connectivity index (χ0v) is 18.3. The van der Waals surface area contributed by atoms with Gasteiger partial charge in [-0.1, -0.05) is 24.3 Å². The van der Waals surface area contributed by atoms with Gasteiger partial charge in [-0.15, -0.1) is 0 Å². The molecule has 1 N–H and O–H groups in total. The van der Waals surface area contributed by atoms with Crippen LogP contribution in [0.1, 0.15) is 25.8 Å². The number of benzene rings is 2. The van der Waals surface area contributed by atoms with E-state index in [4.69, 9.17) is 4.74 Å². The van der Waals surface area contributed by atoms with Crippen molar-refractivity contribution in [3.8, 4) is 22.6 Å². The fraction of sp³-hybridized carbons (Fsp3) is 0.273. The van der Waals surface area contributed by atoms with Crippen molar-refractivity contribution >= 4 is 10.7 Å². The average Bonchev–Trinajstić information content (AvgIpc) is 2.71. The molecule has 3 aromatic rings. The van der Waals surface area contributed by atoms with Crippen LogP contribution in [0.3, 0.4) is 0 Å². The van der Waals surface area contributed by atoms with E-state index in [0.717, 1.165) is 16.8 Å². The highest BCUT2D eigenvalue weighted by Crippen LogP contribution is 2.28. The molecule has 0 saturated heterocycles. The summed E-state index contributed by atoms with van der Waals surface area (Å²) in [6, 6.07) is 9.45. The molecule has 1 aromatic heterocycles. The van der Waals surface area contributed by atoms with Crippen LogP contribution in [0.4, 0.5) is 8.78 Å². The Bertz CT molecular complexity index is 1240. The Morgan fingerprint density at radius 1 is 1.09 bits per heavy atom. The molecule has 7 nitrogen and oxygen atoms in total. The largest absolute Gasteiger partial charge is 0.487 e. The van der Waals surface area contributed by atoms with Crippen molar-refractivity contribution in [1.82, 2.24) is 9.78 Å². The monoisotopic (exact) mass is 464 g/mol. The van der Waals surface area contributed by atoms with E-state index in [-0.39, 0.29) is 30.2 Å². The van der Waals surface area contributed by atoms with Crippen molar-refractivity contribution in [1.29, 1.82) is 0 Å². The minimum absolute atomic E-state index is 0.0161. The lowest BCUT2D eigenvalue weighted by atomic mass is 10.1. The van der Waals surface area contributed by atoms with E-state index in [1.807, 2.05) is 0 Å². The van der Waals surface area contributed by atoms with Gasteiger partial charge in [0, 0.05) is 18.1 Å². The number of rotatable bonds is 8. The Kier molecular flexibility index (Phi) is 7.05. The first-order valence-corrected chi connectivity index (χ1v) is 11.1. The molecule has 32 heavy (non-hydrogen) atoms. The molecular formula is C22H22F2N2O5S. The lowest BCUT2D eigenvalue weighted by Gasteiger charge is -2.18. The highest BCUT2D eigenvalue weighted by atomic mass is 32.2. The quantitative estimate of drug-likeness (QED) is 0.498. The van der Waals surface area contributed by atoms with Gasteiger partial charge in [-0.3, -0.25) is 4.79 Å². The summed E-state index contributed by atoms with van der Waals surface area (Å²) >= 11 is 0. The lowest BCUT2D eigenvalue weighted by Crippen LogP contribution is -2.26. The minimum atomic E-state index is -2.58. The second kappa shape index (κ2) is 9.58. The topological polar surface area (TPSA) is 98.5 Å². The molecule has 170 valence electrons. The van der Waals surface area contributed by atoms with Crippen LogP contribution < -0.4 is 10.3 Å². The summed E-state index contributed by atoms with van der Waals surface area (Å²) in [6.45, 7) is 3.22. The molecule has 2 aromatic carbocycles. The van der Waals surface area contributed by atoms with Crippen molar-refractivity contribution < 1.29 is 27.0 Å². The van der Waals surface area contributed by atoms with Gasteiger partial charge < -0.3 is 9.84 Å². The minimum Gasteiger partial charge on any atom is -0.487 e. The summed E-state index contributed by atoms with van der Waals surface area (Å²) in [5.41, 5.74) is -0.239. The number of nitrogens with zero attached hydrogens (tertiary/aromatic N) is 2. The molecule has 0 spiro atoms. The van der Waals surface area contributed by atoms with Gasteiger partial charge in [0.25, 0.3) is 0 Å². The van der Waals surface area contributed by atoms with Crippen molar-refractivity contribution in [3.63, 3.8) is 0 Å². The van der Waals surface area contributed by atoms with Crippen LogP contribution in [0.5, 0.6) is 5.75 Å². The van der Waals surface area contributed by atoms with E-state index in [2.05, 4.69) is 5.10 Å². The molecule has 0 aliphatic heterocycles. The molecule has 0 unspecified atom stereocenters. The number of thiol groups is 1. The molecule has 0 fully saturated rings. The van der Waals surface area contributed by atoms with Gasteiger partial charge >= 0.3 is 5.56 Å². The molecule has 10 heteroatoms. The molecule has 0 bridgehead atoms. The summed E-state index contributed by atoms with van der Waals surface area (Å²) in [7, 11) is -2.58. The smallest absolute Gasteiger partial charge is 0.314 e. The van der Waals surface area contributed by atoms with Gasteiger partial charge in [0.15, 0.2) is 17.4 Å². The van der Waals surface area contributed by atoms with Crippen molar-refractivity contribution in [2.24, 2.45) is 0 Å². The Labute approximate surface area is 184 Å². The Morgan fingerprint density at radius 2 is 1.78 bits per heavy atom. The number of aromatic nitrogens is 2. The van der Waals surface area contributed by atoms with Gasteiger partial charge in [0.05, 0.1) is 29.8 Å². The van der Waals surface area contributed by atoms with Gasteiger partial charge in [0.1, 0.15) is 10.7 Å². The van der Waals surface area contributed by atoms with E-state index >= 15 is 0 Å². The molecule has 0 saturated carbocycles. The number of halogens is 2. The van der Waals surface area contributed by atoms with E-state index < -0.39 is 33.5 Å². The second-order valence-electron chi connectivity index (χ2n) is 7.80. The van der Waals surface area contributed by atoms with Crippen LogP contribution in [0.25, 0.3) is 16.8 Å². The maximum atomic E-state index is 13.7. The molecule has 0 radical (unpaired) electrons. The van der Waals surface area contributed by atoms with Crippen molar-refractivity contribution in [3.05, 3.63) is 76.2 Å². The van der Waals surface area contributed by atoms with Crippen LogP contribution in [-0.4, -0.2) is 35.5 Å². The van der Waals surface area contributed by atoms with E-state index in [1.54, 1.807) is 38.1 Å². The number of hydrogen-bond acceptors (Lipinski definition) is 6. The number of hydrogen-bond donors (Lipinski definition) is 2. The second-order valence-corrected chi connectivity index (χ2v) is 8.78. The molecule has 0 atom stereocenters. The first-order valence-electron chi connectivity index (χ1n) is 9.69. The highest BCUT2D eigenvalue weighted by Gasteiger charge is 2.19. The van der Waals surface area contributed by atoms with Crippen LogP contribution in [-0.2, 0) is 16.5 Å². The van der Waals surface area contributed by atoms with Crippen LogP contribution in [0, 0.1) is 11.6 Å². The summed E-state index contributed by atoms with van der Waals surface area (Å²) in [5.74, 6) is -2.38. The van der Waals surface area contributed by atoms with E-state index in [9.17, 15) is 27.1 Å². The average molecular weight is 464 g/mol. The molecule has 0 aliphatic rings. The highest BCUT2D eigenvalue weighted by molar-refractivity contribution is 7.71. The van der Waals surface area contributed by atoms with Crippen molar-refractivity contribution in [2.45, 2.75) is 31.6 Å². The molecule has 0 amide bonds. The van der Waals surface area contributed by atoms with Crippen molar-refractivity contribution in [2.75, 3.05) is 6.61 Å². The van der Waals surface area contributed by atoms with Crippen LogP contribution in [0.2, 0.25) is 0 Å². The van der Waals surface area contributed by atoms with Gasteiger partial charge in [-0.25, -0.2) is 17.2 Å². The number of ether oxygens (including phenoxy) is 1. The first-order chi connectivity index (χ1) is 15.0. The van der Waals surface area contributed by atoms with Gasteiger partial charge in [-0.2, -0.15) is 9.78 Å². The fourth-order valence-corrected chi connectivity index (χ4v) is 3.43. The zero-order chi connectivity index (χ0) is 23.5. The predicted octanol–water partition coefficient (Wildman–Crippen LogP) is 2.83. The SMILES string of the molecule is CC(C)(O)CCOc1c(-c2ccc(C[SH](=O)=O)cc2)cnn(-c2ccc(F)c(F)c2)c1=O. The summed E-state index contributed by atoms with van der Waals surface area (Å²) in [4.78, 5) is 13.1. The molecular weight excluding hydrogens is 442 g/mol. The predicted molar refractivity (Wildman–Crippen MR) is 116 cm³/mol. The summed E-state index contributed by atoms with van der Waals surface area (Å²) in [6.07, 6.45) is 1.58. The van der Waals surface area contributed by atoms with Crippen LogP contribution in [0.15, 0.2) is 53.5 Å². The maximum absolute atomic E-state index is 13.7. The zero-order valence-electron chi connectivity index (χ0n) is 17.4. The molecule has 0 aliphatic carbocycles. The molecule has 1 heterocycles. The third kappa shape index (κ3) is 5.77. The Balaban J connectivity index is 2.06. The van der Waals surface area contributed by atoms with Gasteiger partial charge in [-0.05, 0) is 37.1 Å². The Hall–Kier alpha value is -3.11. The van der Waals surface area contributed by atoms with E-state index in [0.29, 0.717) is 16.7 Å². The summed E-state index contributed by atoms with van der Waals surface area (Å²) in [5, 5.41) is 14.0. The maximum Gasteiger partial charge on any atom is 0.314 e. The Morgan fingerprint density at radius 3 is 2.38 bits per heavy atom. The van der Waals surface area contributed by atoms with Crippen LogP contribution >= 0.6 is 0 Å².